The van der Waals surface area contributed by atoms with Crippen LogP contribution >= 0.6 is 11.8 Å². The second-order valence-corrected chi connectivity index (χ2v) is 9.43. The molecule has 5 rings (SSSR count). The fourth-order valence-corrected chi connectivity index (χ4v) is 4.48. The van der Waals surface area contributed by atoms with E-state index in [0.29, 0.717) is 24.7 Å². The molecule has 1 aromatic heterocycles. The maximum atomic E-state index is 14.0. The number of benzene rings is 1. The number of fused-ring (bicyclic) bond motifs is 1. The zero-order valence-electron chi connectivity index (χ0n) is 18.8. The van der Waals surface area contributed by atoms with Crippen LogP contribution in [-0.4, -0.2) is 44.7 Å². The molecule has 2 aromatic rings. The zero-order chi connectivity index (χ0) is 27.0. The second-order valence-electron chi connectivity index (χ2n) is 8.23. The molecule has 2 fully saturated rings. The third-order valence-corrected chi connectivity index (χ3v) is 6.64. The van der Waals surface area contributed by atoms with Gasteiger partial charge in [-0.15, -0.1) is 11.8 Å². The molecule has 198 valence electrons. The lowest BCUT2D eigenvalue weighted by Gasteiger charge is -2.37. The van der Waals surface area contributed by atoms with E-state index in [1.807, 2.05) is 11.2 Å². The number of urea groups is 1. The van der Waals surface area contributed by atoms with Crippen molar-refractivity contribution in [2.45, 2.75) is 36.2 Å². The average molecular weight is 545 g/mol. The first kappa shape index (κ1) is 26.7. The Morgan fingerprint density at radius 2 is 2.00 bits per heavy atom. The van der Waals surface area contributed by atoms with Crippen molar-refractivity contribution in [3.05, 3.63) is 52.1 Å². The van der Waals surface area contributed by atoms with Crippen molar-refractivity contribution in [3.63, 3.8) is 0 Å². The van der Waals surface area contributed by atoms with Gasteiger partial charge in [-0.3, -0.25) is 4.57 Å². The van der Waals surface area contributed by atoms with Gasteiger partial charge in [0.25, 0.3) is 0 Å². The predicted molar refractivity (Wildman–Crippen MR) is 123 cm³/mol. The van der Waals surface area contributed by atoms with Gasteiger partial charge in [0, 0.05) is 17.9 Å². The fourth-order valence-electron chi connectivity index (χ4n) is 3.55. The number of nitrogen functional groups attached to an aromatic ring is 1. The lowest BCUT2D eigenvalue weighted by atomic mass is 9.85. The molecule has 1 saturated heterocycles. The summed E-state index contributed by atoms with van der Waals surface area (Å²) >= 11 is 1.47. The summed E-state index contributed by atoms with van der Waals surface area (Å²) in [4.78, 5) is 26.6. The highest BCUT2D eigenvalue weighted by atomic mass is 32.2. The van der Waals surface area contributed by atoms with Gasteiger partial charge in [0.05, 0.1) is 17.9 Å². The molecule has 0 spiro atoms. The normalized spacial score (nSPS) is 24.5. The number of anilines is 2. The molecule has 3 atom stereocenters. The van der Waals surface area contributed by atoms with Crippen LogP contribution in [0.3, 0.4) is 0 Å². The van der Waals surface area contributed by atoms with Gasteiger partial charge in [-0.1, -0.05) is 11.8 Å². The molecule has 5 N–H and O–H groups in total. The lowest BCUT2D eigenvalue weighted by Crippen LogP contribution is -2.59. The first-order valence-corrected chi connectivity index (χ1v) is 11.9. The number of aromatic nitrogens is 2. The molecule has 1 saturated carbocycles. The highest BCUT2D eigenvalue weighted by Crippen LogP contribution is 2.45. The Balaban J connectivity index is 0.000000186. The number of amides is 2. The number of alkyl halides is 3. The average Bonchev–Trinajstić information content (AvgIpc) is 3.54. The van der Waals surface area contributed by atoms with E-state index in [9.17, 15) is 31.5 Å². The minimum absolute atomic E-state index is 0.0572. The van der Waals surface area contributed by atoms with E-state index in [-0.39, 0.29) is 30.0 Å². The van der Waals surface area contributed by atoms with Crippen molar-refractivity contribution in [1.29, 1.82) is 0 Å². The maximum absolute atomic E-state index is 14.0. The summed E-state index contributed by atoms with van der Waals surface area (Å²) in [6.07, 6.45) is -2.64. The number of thioether (sulfide) groups is 1. The Bertz CT molecular complexity index is 1320. The molecule has 2 aliphatic heterocycles. The third-order valence-electron chi connectivity index (χ3n) is 5.53. The van der Waals surface area contributed by atoms with Crippen LogP contribution in [0.4, 0.5) is 38.3 Å². The Morgan fingerprint density at radius 1 is 1.27 bits per heavy atom. The van der Waals surface area contributed by atoms with E-state index in [1.165, 1.54) is 16.3 Å². The molecular weight excluding hydrogens is 525 g/mol. The Hall–Kier alpha value is -3.35. The van der Waals surface area contributed by atoms with E-state index in [0.717, 1.165) is 6.07 Å². The van der Waals surface area contributed by atoms with Crippen molar-refractivity contribution in [1.82, 2.24) is 14.9 Å². The van der Waals surface area contributed by atoms with Crippen molar-refractivity contribution in [3.8, 4) is 11.8 Å². The van der Waals surface area contributed by atoms with Crippen LogP contribution in [0.15, 0.2) is 29.2 Å². The van der Waals surface area contributed by atoms with E-state index in [1.54, 1.807) is 17.6 Å². The number of nitrogens with zero attached hydrogens (tertiary/aromatic N) is 2. The van der Waals surface area contributed by atoms with Crippen LogP contribution < -0.4 is 22.1 Å². The first-order chi connectivity index (χ1) is 17.4. The molecule has 2 amide bonds. The summed E-state index contributed by atoms with van der Waals surface area (Å²) in [6.45, 7) is -0.0572. The SMILES string of the molecule is Nc1ccn([C@@H]2CS[C@H](CO)O2)c(=O)n1.O=C1Nc2ccc(F)c(F)c2[C@@](C#CC2CC2)(C(F)(F)F)N1. The number of aliphatic hydroxyl groups excluding tert-OH is 1. The number of aliphatic hydroxyl groups is 1. The topological polar surface area (TPSA) is 132 Å². The number of ether oxygens (including phenoxy) is 1. The van der Waals surface area contributed by atoms with Crippen LogP contribution in [0.2, 0.25) is 0 Å². The summed E-state index contributed by atoms with van der Waals surface area (Å²) in [5, 5.41) is 12.5. The molecule has 1 aliphatic carbocycles. The number of carbonyl (C=O) groups excluding carboxylic acids is 1. The molecule has 0 radical (unpaired) electrons. The summed E-state index contributed by atoms with van der Waals surface area (Å²) in [6, 6.07) is 1.89. The highest BCUT2D eigenvalue weighted by Gasteiger charge is 2.61. The summed E-state index contributed by atoms with van der Waals surface area (Å²) in [5.74, 6) is 1.79. The third kappa shape index (κ3) is 5.50. The molecule has 1 aromatic carbocycles. The first-order valence-electron chi connectivity index (χ1n) is 10.8. The number of hydrogen-bond donors (Lipinski definition) is 4. The molecule has 37 heavy (non-hydrogen) atoms. The lowest BCUT2D eigenvalue weighted by molar-refractivity contribution is -0.179. The Morgan fingerprint density at radius 3 is 2.59 bits per heavy atom. The highest BCUT2D eigenvalue weighted by molar-refractivity contribution is 8.00. The van der Waals surface area contributed by atoms with Gasteiger partial charge in [-0.05, 0) is 31.0 Å². The van der Waals surface area contributed by atoms with E-state index in [4.69, 9.17) is 15.6 Å². The minimum Gasteiger partial charge on any atom is -0.393 e. The van der Waals surface area contributed by atoms with E-state index >= 15 is 0 Å². The number of carbonyl (C=O) groups is 1. The standard InChI is InChI=1S/C14H9F5N2O.C8H11N3O3S/c15-8-3-4-9-10(11(8)16)13(14(17,18)19,21-12(22)20-9)6-5-7-1-2-7;9-5-1-2-11(8(13)10-5)6-4-15-7(3-12)14-6/h3-4,7H,1-2H2,(H2,20,21,22);1-2,6-7,12H,3-4H2,(H2,9,10,13)/t13-;6-,7+/m00/s1. The van der Waals surface area contributed by atoms with Gasteiger partial charge in [-0.25, -0.2) is 18.4 Å². The van der Waals surface area contributed by atoms with Crippen LogP contribution in [0.5, 0.6) is 0 Å². The molecule has 15 heteroatoms. The maximum Gasteiger partial charge on any atom is 0.427 e. The van der Waals surface area contributed by atoms with Crippen LogP contribution in [0.25, 0.3) is 0 Å². The van der Waals surface area contributed by atoms with Crippen LogP contribution in [0.1, 0.15) is 24.6 Å². The largest absolute Gasteiger partial charge is 0.427 e. The van der Waals surface area contributed by atoms with Crippen molar-refractivity contribution >= 4 is 29.3 Å². The molecule has 3 aliphatic rings. The fraction of sp³-hybridized carbons (Fsp3) is 0.409. The Labute approximate surface area is 210 Å². The van der Waals surface area contributed by atoms with Gasteiger partial charge in [-0.2, -0.15) is 18.2 Å². The van der Waals surface area contributed by atoms with Crippen LogP contribution in [0, 0.1) is 29.4 Å². The predicted octanol–water partition coefficient (Wildman–Crippen LogP) is 2.68. The molecule has 9 nitrogen and oxygen atoms in total. The zero-order valence-corrected chi connectivity index (χ0v) is 19.6. The van der Waals surface area contributed by atoms with Crippen LogP contribution in [-0.2, 0) is 10.3 Å². The number of nitrogens with two attached hydrogens (primary N) is 1. The summed E-state index contributed by atoms with van der Waals surface area (Å²) in [5.41, 5.74) is -0.0930. The summed E-state index contributed by atoms with van der Waals surface area (Å²) in [7, 11) is 0. The van der Waals surface area contributed by atoms with Crippen molar-refractivity contribution in [2.75, 3.05) is 23.4 Å². The van der Waals surface area contributed by atoms with Gasteiger partial charge < -0.3 is 26.2 Å². The van der Waals surface area contributed by atoms with Crippen molar-refractivity contribution < 1.29 is 36.6 Å². The quantitative estimate of drug-likeness (QED) is 0.337. The van der Waals surface area contributed by atoms with Gasteiger partial charge in [0.1, 0.15) is 17.5 Å². The molecule has 0 unspecified atom stereocenters. The number of nitrogens with one attached hydrogen (secondary N) is 2. The summed E-state index contributed by atoms with van der Waals surface area (Å²) < 4.78 is 75.0. The second kappa shape index (κ2) is 10.2. The number of hydrogen-bond acceptors (Lipinski definition) is 7. The van der Waals surface area contributed by atoms with E-state index < -0.39 is 46.3 Å². The van der Waals surface area contributed by atoms with E-state index in [2.05, 4.69) is 10.9 Å². The smallest absolute Gasteiger partial charge is 0.393 e. The van der Waals surface area contributed by atoms with Gasteiger partial charge >= 0.3 is 17.9 Å². The number of halogens is 5. The van der Waals surface area contributed by atoms with Gasteiger partial charge in [0.15, 0.2) is 11.6 Å². The molecule has 3 heterocycles. The molecule has 0 bridgehead atoms. The minimum atomic E-state index is -5.12. The van der Waals surface area contributed by atoms with Gasteiger partial charge in [0.2, 0.25) is 5.54 Å². The molecular formula is C22H20F5N5O4S. The monoisotopic (exact) mass is 545 g/mol. The number of rotatable bonds is 2. The van der Waals surface area contributed by atoms with Crippen molar-refractivity contribution in [2.24, 2.45) is 5.92 Å². The Kier molecular flexibility index (Phi) is 7.36.